The van der Waals surface area contributed by atoms with Crippen molar-refractivity contribution in [1.82, 2.24) is 29.5 Å². The molecule has 0 aromatic carbocycles. The number of pyridine rings is 2. The third kappa shape index (κ3) is 3.62. The molecule has 0 saturated heterocycles. The Bertz CT molecular complexity index is 1510. The number of nitrogens with zero attached hydrogens (tertiary/aromatic N) is 5. The first-order chi connectivity index (χ1) is 16.6. The van der Waals surface area contributed by atoms with E-state index in [-0.39, 0.29) is 12.5 Å². The molecule has 10 heteroatoms. The van der Waals surface area contributed by atoms with Crippen molar-refractivity contribution in [1.29, 1.82) is 0 Å². The second-order valence-corrected chi connectivity index (χ2v) is 8.52. The van der Waals surface area contributed by atoms with Crippen LogP contribution in [0.5, 0.6) is 0 Å². The Hall–Kier alpha value is -4.34. The van der Waals surface area contributed by atoms with Crippen LogP contribution < -0.4 is 10.6 Å². The average molecular weight is 456 g/mol. The monoisotopic (exact) mass is 456 g/mol. The van der Waals surface area contributed by atoms with Crippen LogP contribution in [0.1, 0.15) is 29.6 Å². The molecule has 0 bridgehead atoms. The fourth-order valence-corrected chi connectivity index (χ4v) is 4.16. The summed E-state index contributed by atoms with van der Waals surface area (Å²) in [5.41, 5.74) is 3.00. The molecule has 1 fully saturated rings. The number of amides is 1. The van der Waals surface area contributed by atoms with Crippen molar-refractivity contribution in [2.75, 3.05) is 17.2 Å². The van der Waals surface area contributed by atoms with Crippen LogP contribution in [0.4, 0.5) is 16.0 Å². The van der Waals surface area contributed by atoms with Crippen LogP contribution in [0.25, 0.3) is 27.7 Å². The molecule has 0 spiro atoms. The molecule has 5 heterocycles. The molecule has 5 aromatic heterocycles. The van der Waals surface area contributed by atoms with E-state index in [4.69, 9.17) is 0 Å². The predicted octanol–water partition coefficient (Wildman–Crippen LogP) is 4.22. The van der Waals surface area contributed by atoms with Gasteiger partial charge in [-0.15, -0.1) is 0 Å². The van der Waals surface area contributed by atoms with Gasteiger partial charge < -0.3 is 15.6 Å². The lowest BCUT2D eigenvalue weighted by Crippen LogP contribution is -2.39. The van der Waals surface area contributed by atoms with Gasteiger partial charge >= 0.3 is 0 Å². The molecule has 0 atom stereocenters. The zero-order valence-electron chi connectivity index (χ0n) is 18.1. The molecule has 1 saturated carbocycles. The SMILES string of the molecule is O=C(Nc1cccnc1)c1cnn2ccc(-c3c[nH]c4nc(NCC5(F)CCC5)ncc34)cc12. The van der Waals surface area contributed by atoms with Crippen LogP contribution in [-0.2, 0) is 0 Å². The van der Waals surface area contributed by atoms with E-state index < -0.39 is 5.67 Å². The number of alkyl halides is 1. The number of nitrogens with one attached hydrogen (secondary N) is 3. The summed E-state index contributed by atoms with van der Waals surface area (Å²) in [6, 6.07) is 7.36. The standard InChI is InChI=1S/C24H21FN8O/c25-24(5-2-6-24)14-29-23-28-12-18-17(11-27-21(18)32-23)15-4-8-33-20(9-15)19(13-30-33)22(34)31-16-3-1-7-26-10-16/h1,3-4,7-13H,2,5-6,14H2,(H,31,34)(H2,27,28,29,32). The van der Waals surface area contributed by atoms with Crippen LogP contribution in [-0.4, -0.2) is 47.7 Å². The molecule has 9 nitrogen and oxygen atoms in total. The summed E-state index contributed by atoms with van der Waals surface area (Å²) in [7, 11) is 0. The number of hydrogen-bond donors (Lipinski definition) is 3. The van der Waals surface area contributed by atoms with Crippen LogP contribution >= 0.6 is 0 Å². The maximum atomic E-state index is 14.3. The van der Waals surface area contributed by atoms with Crippen molar-refractivity contribution in [3.05, 3.63) is 67.0 Å². The van der Waals surface area contributed by atoms with E-state index in [1.807, 2.05) is 18.3 Å². The first kappa shape index (κ1) is 20.3. The minimum absolute atomic E-state index is 0.216. The molecule has 0 unspecified atom stereocenters. The molecule has 6 rings (SSSR count). The molecular formula is C24H21FN8O. The summed E-state index contributed by atoms with van der Waals surface area (Å²) in [5, 5.41) is 11.0. The Labute approximate surface area is 193 Å². The fraction of sp³-hybridized carbons (Fsp3) is 0.208. The Balaban J connectivity index is 1.29. The quantitative estimate of drug-likeness (QED) is 0.353. The summed E-state index contributed by atoms with van der Waals surface area (Å²) in [6.45, 7) is 0.216. The summed E-state index contributed by atoms with van der Waals surface area (Å²) in [4.78, 5) is 28.9. The van der Waals surface area contributed by atoms with Gasteiger partial charge in [-0.05, 0) is 49.1 Å². The van der Waals surface area contributed by atoms with Gasteiger partial charge in [0.25, 0.3) is 5.91 Å². The second-order valence-electron chi connectivity index (χ2n) is 8.52. The molecule has 1 amide bonds. The van der Waals surface area contributed by atoms with E-state index in [0.29, 0.717) is 41.2 Å². The summed E-state index contributed by atoms with van der Waals surface area (Å²) in [6.07, 6.45) is 12.2. The number of carbonyl (C=O) groups is 1. The smallest absolute Gasteiger partial charge is 0.259 e. The van der Waals surface area contributed by atoms with Crippen molar-refractivity contribution in [2.45, 2.75) is 24.9 Å². The topological polar surface area (TPSA) is 113 Å². The summed E-state index contributed by atoms with van der Waals surface area (Å²) < 4.78 is 15.9. The second kappa shape index (κ2) is 7.91. The molecule has 170 valence electrons. The van der Waals surface area contributed by atoms with E-state index in [2.05, 4.69) is 35.7 Å². The van der Waals surface area contributed by atoms with Gasteiger partial charge in [-0.1, -0.05) is 0 Å². The molecule has 0 aliphatic heterocycles. The van der Waals surface area contributed by atoms with Gasteiger partial charge in [0.05, 0.1) is 35.7 Å². The Morgan fingerprint density at radius 2 is 2.15 bits per heavy atom. The van der Waals surface area contributed by atoms with E-state index in [1.54, 1.807) is 47.6 Å². The number of anilines is 2. The van der Waals surface area contributed by atoms with Crippen LogP contribution in [0, 0.1) is 0 Å². The number of hydrogen-bond acceptors (Lipinski definition) is 6. The van der Waals surface area contributed by atoms with Gasteiger partial charge in [0.15, 0.2) is 0 Å². The maximum absolute atomic E-state index is 14.3. The number of aromatic amines is 1. The third-order valence-electron chi connectivity index (χ3n) is 6.24. The highest BCUT2D eigenvalue weighted by atomic mass is 19.1. The highest BCUT2D eigenvalue weighted by Gasteiger charge is 2.36. The number of rotatable bonds is 6. The number of halogens is 1. The molecule has 5 aromatic rings. The average Bonchev–Trinajstić information content (AvgIpc) is 3.45. The van der Waals surface area contributed by atoms with Crippen molar-refractivity contribution in [2.24, 2.45) is 0 Å². The van der Waals surface area contributed by atoms with Gasteiger partial charge in [-0.2, -0.15) is 10.1 Å². The minimum atomic E-state index is -1.15. The van der Waals surface area contributed by atoms with Crippen molar-refractivity contribution < 1.29 is 9.18 Å². The summed E-state index contributed by atoms with van der Waals surface area (Å²) in [5.74, 6) is 0.126. The van der Waals surface area contributed by atoms with Crippen LogP contribution in [0.2, 0.25) is 0 Å². The van der Waals surface area contributed by atoms with E-state index in [9.17, 15) is 9.18 Å². The lowest BCUT2D eigenvalue weighted by atomic mass is 9.82. The molecule has 1 aliphatic rings. The predicted molar refractivity (Wildman–Crippen MR) is 126 cm³/mol. The Morgan fingerprint density at radius 1 is 1.24 bits per heavy atom. The summed E-state index contributed by atoms with van der Waals surface area (Å²) >= 11 is 0. The molecule has 0 radical (unpaired) electrons. The lowest BCUT2D eigenvalue weighted by molar-refractivity contribution is 0.0782. The van der Waals surface area contributed by atoms with Crippen molar-refractivity contribution >= 4 is 34.1 Å². The number of fused-ring (bicyclic) bond motifs is 2. The van der Waals surface area contributed by atoms with Gasteiger partial charge in [0, 0.05) is 35.7 Å². The van der Waals surface area contributed by atoms with Crippen molar-refractivity contribution in [3.8, 4) is 11.1 Å². The van der Waals surface area contributed by atoms with E-state index in [0.717, 1.165) is 22.9 Å². The van der Waals surface area contributed by atoms with Gasteiger partial charge in [-0.25, -0.2) is 13.9 Å². The third-order valence-corrected chi connectivity index (χ3v) is 6.24. The molecular weight excluding hydrogens is 435 g/mol. The zero-order valence-corrected chi connectivity index (χ0v) is 18.1. The fourth-order valence-electron chi connectivity index (χ4n) is 4.16. The Kier molecular flexibility index (Phi) is 4.72. The van der Waals surface area contributed by atoms with E-state index >= 15 is 0 Å². The number of carbonyl (C=O) groups excluding carboxylic acids is 1. The first-order valence-corrected chi connectivity index (χ1v) is 11.0. The Morgan fingerprint density at radius 3 is 2.94 bits per heavy atom. The lowest BCUT2D eigenvalue weighted by Gasteiger charge is -2.33. The normalized spacial score (nSPS) is 14.7. The van der Waals surface area contributed by atoms with Crippen LogP contribution in [0.15, 0.2) is 61.4 Å². The number of aromatic nitrogens is 6. The van der Waals surface area contributed by atoms with Crippen molar-refractivity contribution in [3.63, 3.8) is 0 Å². The van der Waals surface area contributed by atoms with Gasteiger partial charge in [-0.3, -0.25) is 9.78 Å². The molecule has 3 N–H and O–H groups in total. The minimum Gasteiger partial charge on any atom is -0.351 e. The highest BCUT2D eigenvalue weighted by molar-refractivity contribution is 6.09. The van der Waals surface area contributed by atoms with Crippen LogP contribution in [0.3, 0.4) is 0 Å². The first-order valence-electron chi connectivity index (χ1n) is 11.0. The number of H-pyrrole nitrogens is 1. The maximum Gasteiger partial charge on any atom is 0.259 e. The molecule has 1 aliphatic carbocycles. The van der Waals surface area contributed by atoms with Gasteiger partial charge in [0.1, 0.15) is 11.3 Å². The van der Waals surface area contributed by atoms with Gasteiger partial charge in [0.2, 0.25) is 5.95 Å². The highest BCUT2D eigenvalue weighted by Crippen LogP contribution is 2.36. The zero-order chi connectivity index (χ0) is 23.1. The molecule has 34 heavy (non-hydrogen) atoms. The van der Waals surface area contributed by atoms with E-state index in [1.165, 1.54) is 0 Å². The largest absolute Gasteiger partial charge is 0.351 e.